The second-order valence-electron chi connectivity index (χ2n) is 9.20. The molecule has 40 heavy (non-hydrogen) atoms. The largest absolute Gasteiger partial charge is 0.512 e. The molecular weight excluding hydrogens is 671 g/mol. The van der Waals surface area contributed by atoms with Gasteiger partial charge in [-0.1, -0.05) is 156 Å². The molecule has 1 N–H and O–H groups in total. The van der Waals surface area contributed by atoms with Crippen LogP contribution in [-0.4, -0.2) is 15.9 Å². The molecule has 0 spiro atoms. The van der Waals surface area contributed by atoms with Crippen LogP contribution in [0.3, 0.4) is 0 Å². The standard InChI is InChI=1S/C19H12N.C5H8O2.3C4H10.Ir/c1-2-8-15-14(7-1)13-18(19-11-5-6-12-20-19)17-10-4-3-9-16(15)17;1-4(6)3-5(2)7;3*1-3-4-2;/h1-12H;3,6H,1-2H3;3*3-4H2,1-2H3;/q-1;;;;;. The van der Waals surface area contributed by atoms with E-state index in [0.717, 1.165) is 16.6 Å². The Kier molecular flexibility index (Phi) is 24.8. The molecule has 0 saturated heterocycles. The summed E-state index contributed by atoms with van der Waals surface area (Å²) < 4.78 is 0. The van der Waals surface area contributed by atoms with Crippen LogP contribution >= 0.6 is 0 Å². The molecule has 0 amide bonds. The van der Waals surface area contributed by atoms with Crippen LogP contribution in [0.25, 0.3) is 32.8 Å². The molecule has 3 aromatic carbocycles. The number of rotatable bonds is 5. The second kappa shape index (κ2) is 25.2. The number of benzene rings is 3. The van der Waals surface area contributed by atoms with Gasteiger partial charge in [0.2, 0.25) is 0 Å². The van der Waals surface area contributed by atoms with Gasteiger partial charge in [0.15, 0.2) is 5.78 Å². The Balaban J connectivity index is 0. The number of carbonyl (C=O) groups is 1. The first kappa shape index (κ1) is 39.3. The number of nitrogens with zero attached hydrogens (tertiary/aromatic N) is 1. The van der Waals surface area contributed by atoms with Crippen LogP contribution in [-0.2, 0) is 24.9 Å². The molecule has 221 valence electrons. The Morgan fingerprint density at radius 1 is 0.700 bits per heavy atom. The summed E-state index contributed by atoms with van der Waals surface area (Å²) in [6.07, 6.45) is 10.9. The number of aliphatic hydroxyl groups is 1. The fourth-order valence-electron chi connectivity index (χ4n) is 2.97. The van der Waals surface area contributed by atoms with Crippen molar-refractivity contribution in [1.82, 2.24) is 4.98 Å². The number of ketones is 1. The van der Waals surface area contributed by atoms with Crippen molar-refractivity contribution in [2.45, 2.75) is 93.9 Å². The maximum Gasteiger partial charge on any atom is 0.155 e. The van der Waals surface area contributed by atoms with E-state index in [2.05, 4.69) is 101 Å². The predicted molar refractivity (Wildman–Crippen MR) is 172 cm³/mol. The van der Waals surface area contributed by atoms with Crippen molar-refractivity contribution in [3.8, 4) is 11.3 Å². The monoisotopic (exact) mass is 721 g/mol. The van der Waals surface area contributed by atoms with Crippen molar-refractivity contribution in [2.75, 3.05) is 0 Å². The smallest absolute Gasteiger partial charge is 0.155 e. The van der Waals surface area contributed by atoms with Gasteiger partial charge in [0, 0.05) is 38.1 Å². The maximum atomic E-state index is 10.0. The van der Waals surface area contributed by atoms with Gasteiger partial charge in [-0.25, -0.2) is 0 Å². The molecule has 1 heterocycles. The zero-order chi connectivity index (χ0) is 29.5. The van der Waals surface area contributed by atoms with Crippen LogP contribution in [0.5, 0.6) is 0 Å². The number of fused-ring (bicyclic) bond motifs is 3. The average molecular weight is 721 g/mol. The zero-order valence-electron chi connectivity index (χ0n) is 25.9. The first-order valence-corrected chi connectivity index (χ1v) is 14.4. The van der Waals surface area contributed by atoms with Crippen molar-refractivity contribution in [2.24, 2.45) is 0 Å². The van der Waals surface area contributed by atoms with Gasteiger partial charge in [-0.2, -0.15) is 0 Å². The predicted octanol–water partition coefficient (Wildman–Crippen LogP) is 11.3. The molecule has 0 atom stereocenters. The molecule has 4 rings (SSSR count). The molecule has 0 fully saturated rings. The SMILES string of the molecule is CC(=O)C=C(C)O.CCCC.CCCC.CCCC.[Ir].[c-]1c(-c2ccccn2)c2ccccc2c2ccccc12. The van der Waals surface area contributed by atoms with E-state index in [1.54, 1.807) is 0 Å². The van der Waals surface area contributed by atoms with Crippen LogP contribution in [0.1, 0.15) is 93.9 Å². The molecule has 1 radical (unpaired) electrons. The number of hydrogen-bond donors (Lipinski definition) is 1. The van der Waals surface area contributed by atoms with E-state index in [1.165, 1.54) is 74.6 Å². The third-order valence-corrected chi connectivity index (χ3v) is 5.51. The average Bonchev–Trinajstić information content (AvgIpc) is 2.97. The van der Waals surface area contributed by atoms with Crippen molar-refractivity contribution in [3.05, 3.63) is 90.8 Å². The summed E-state index contributed by atoms with van der Waals surface area (Å²) in [5.74, 6) is -0.0625. The molecule has 0 unspecified atom stereocenters. The zero-order valence-corrected chi connectivity index (χ0v) is 28.3. The Morgan fingerprint density at radius 2 is 1.15 bits per heavy atom. The molecular formula is C36H50IrNO2-. The number of aliphatic hydroxyl groups excluding tert-OH is 1. The number of allylic oxidation sites excluding steroid dienone is 2. The molecule has 4 aromatic rings. The Labute approximate surface area is 257 Å². The summed E-state index contributed by atoms with van der Waals surface area (Å²) in [6.45, 7) is 15.9. The van der Waals surface area contributed by atoms with Crippen molar-refractivity contribution >= 4 is 27.3 Å². The minimum Gasteiger partial charge on any atom is -0.512 e. The third kappa shape index (κ3) is 16.3. The molecule has 0 aliphatic heterocycles. The van der Waals surface area contributed by atoms with E-state index in [4.69, 9.17) is 5.11 Å². The Hall–Kier alpha value is -2.81. The fourth-order valence-corrected chi connectivity index (χ4v) is 2.97. The minimum atomic E-state index is -0.125. The van der Waals surface area contributed by atoms with Crippen molar-refractivity contribution in [3.63, 3.8) is 0 Å². The van der Waals surface area contributed by atoms with E-state index in [-0.39, 0.29) is 31.6 Å². The molecule has 1 aromatic heterocycles. The summed E-state index contributed by atoms with van der Waals surface area (Å²) in [5.41, 5.74) is 2.04. The van der Waals surface area contributed by atoms with E-state index >= 15 is 0 Å². The van der Waals surface area contributed by atoms with Crippen LogP contribution in [0, 0.1) is 6.07 Å². The summed E-state index contributed by atoms with van der Waals surface area (Å²) in [5, 5.41) is 13.2. The molecule has 0 aliphatic carbocycles. The minimum absolute atomic E-state index is 0. The normalized spacial score (nSPS) is 9.75. The Bertz CT molecular complexity index is 1200. The number of hydrogen-bond acceptors (Lipinski definition) is 3. The van der Waals surface area contributed by atoms with Gasteiger partial charge in [-0.05, 0) is 19.9 Å². The molecule has 0 aliphatic rings. The van der Waals surface area contributed by atoms with Crippen LogP contribution in [0.2, 0.25) is 0 Å². The second-order valence-corrected chi connectivity index (χ2v) is 9.20. The quantitative estimate of drug-likeness (QED) is 0.0966. The summed E-state index contributed by atoms with van der Waals surface area (Å²) in [6, 6.07) is 26.3. The van der Waals surface area contributed by atoms with Gasteiger partial charge < -0.3 is 5.11 Å². The van der Waals surface area contributed by atoms with Gasteiger partial charge in [-0.15, -0.1) is 17.5 Å². The number of pyridine rings is 1. The first-order chi connectivity index (χ1) is 18.8. The third-order valence-electron chi connectivity index (χ3n) is 5.51. The van der Waals surface area contributed by atoms with Crippen LogP contribution in [0.4, 0.5) is 0 Å². The van der Waals surface area contributed by atoms with Crippen LogP contribution < -0.4 is 0 Å². The molecule has 4 heteroatoms. The van der Waals surface area contributed by atoms with Gasteiger partial charge in [0.05, 0.1) is 5.76 Å². The first-order valence-electron chi connectivity index (χ1n) is 14.4. The van der Waals surface area contributed by atoms with E-state index in [0.29, 0.717) is 0 Å². The maximum absolute atomic E-state index is 10.0. The topological polar surface area (TPSA) is 50.2 Å². The fraction of sp³-hybridized carbons (Fsp3) is 0.389. The summed E-state index contributed by atoms with van der Waals surface area (Å²) in [7, 11) is 0. The van der Waals surface area contributed by atoms with Crippen molar-refractivity contribution in [1.29, 1.82) is 0 Å². The van der Waals surface area contributed by atoms with Gasteiger partial charge in [0.25, 0.3) is 0 Å². The number of carbonyl (C=O) groups excluding carboxylic acids is 1. The van der Waals surface area contributed by atoms with Crippen molar-refractivity contribution < 1.29 is 30.0 Å². The summed E-state index contributed by atoms with van der Waals surface area (Å²) >= 11 is 0. The number of unbranched alkanes of at least 4 members (excludes halogenated alkanes) is 3. The van der Waals surface area contributed by atoms with E-state index < -0.39 is 0 Å². The Morgan fingerprint density at radius 3 is 1.55 bits per heavy atom. The molecule has 0 saturated carbocycles. The van der Waals surface area contributed by atoms with Gasteiger partial charge >= 0.3 is 0 Å². The molecule has 3 nitrogen and oxygen atoms in total. The van der Waals surface area contributed by atoms with E-state index in [1.807, 2.05) is 24.4 Å². The van der Waals surface area contributed by atoms with Gasteiger partial charge in [-0.3, -0.25) is 9.78 Å². The van der Waals surface area contributed by atoms with Crippen LogP contribution in [0.15, 0.2) is 84.8 Å². The molecule has 0 bridgehead atoms. The van der Waals surface area contributed by atoms with E-state index in [9.17, 15) is 4.79 Å². The number of aromatic nitrogens is 1. The van der Waals surface area contributed by atoms with Gasteiger partial charge in [0.1, 0.15) is 0 Å². The summed E-state index contributed by atoms with van der Waals surface area (Å²) in [4.78, 5) is 14.5.